The first-order chi connectivity index (χ1) is 13.3. The molecule has 1 aliphatic rings. The van der Waals surface area contributed by atoms with E-state index in [4.69, 9.17) is 0 Å². The Balaban J connectivity index is 1.39. The molecule has 0 fully saturated rings. The number of aromatic nitrogens is 1. The third-order valence-electron chi connectivity index (χ3n) is 5.00. The molecule has 1 amide bonds. The molecule has 0 saturated heterocycles. The second-order valence-electron chi connectivity index (χ2n) is 6.83. The fraction of sp³-hybridized carbons (Fsp3) is 0.217. The van der Waals surface area contributed by atoms with E-state index in [0.29, 0.717) is 12.1 Å². The summed E-state index contributed by atoms with van der Waals surface area (Å²) in [6, 6.07) is 22.4. The van der Waals surface area contributed by atoms with E-state index >= 15 is 0 Å². The van der Waals surface area contributed by atoms with Crippen molar-refractivity contribution in [1.29, 1.82) is 0 Å². The van der Waals surface area contributed by atoms with Crippen LogP contribution in [0.5, 0.6) is 0 Å². The second kappa shape index (κ2) is 8.04. The Kier molecular flexibility index (Phi) is 5.15. The highest BCUT2D eigenvalue weighted by Crippen LogP contribution is 2.23. The second-order valence-corrected chi connectivity index (χ2v) is 6.83. The zero-order valence-corrected chi connectivity index (χ0v) is 15.3. The molecule has 1 N–H and O–H groups in total. The van der Waals surface area contributed by atoms with Crippen LogP contribution in [0.4, 0.5) is 5.82 Å². The Morgan fingerprint density at radius 3 is 2.63 bits per heavy atom. The lowest BCUT2D eigenvalue weighted by Gasteiger charge is -2.29. The van der Waals surface area contributed by atoms with Gasteiger partial charge in [-0.2, -0.15) is 0 Å². The number of amides is 1. The standard InChI is InChI=1S/C23H23N3O/c27-23(25-13-10-18-6-2-1-3-7-18)20-11-14-24-22(16-20)26-15-12-19-8-4-5-9-21(19)17-26/h1-9,11,14,16H,10,12-13,15,17H2,(H,25,27). The molecule has 4 nitrogen and oxygen atoms in total. The van der Waals surface area contributed by atoms with Gasteiger partial charge in [0.2, 0.25) is 0 Å². The molecule has 0 atom stereocenters. The summed E-state index contributed by atoms with van der Waals surface area (Å²) in [5, 5.41) is 3.01. The van der Waals surface area contributed by atoms with E-state index in [2.05, 4.69) is 51.6 Å². The smallest absolute Gasteiger partial charge is 0.251 e. The van der Waals surface area contributed by atoms with Crippen LogP contribution in [0.3, 0.4) is 0 Å². The van der Waals surface area contributed by atoms with Crippen LogP contribution in [-0.2, 0) is 19.4 Å². The Morgan fingerprint density at radius 1 is 1.00 bits per heavy atom. The van der Waals surface area contributed by atoms with Crippen molar-refractivity contribution in [2.24, 2.45) is 0 Å². The topological polar surface area (TPSA) is 45.2 Å². The summed E-state index contributed by atoms with van der Waals surface area (Å²) in [5.41, 5.74) is 4.62. The van der Waals surface area contributed by atoms with Gasteiger partial charge in [0, 0.05) is 31.4 Å². The fourth-order valence-electron chi connectivity index (χ4n) is 3.49. The van der Waals surface area contributed by atoms with Crippen molar-refractivity contribution >= 4 is 11.7 Å². The largest absolute Gasteiger partial charge is 0.352 e. The minimum Gasteiger partial charge on any atom is -0.352 e. The van der Waals surface area contributed by atoms with Gasteiger partial charge in [-0.15, -0.1) is 0 Å². The SMILES string of the molecule is O=C(NCCc1ccccc1)c1ccnc(N2CCc3ccccc3C2)c1. The van der Waals surface area contributed by atoms with Crippen LogP contribution in [0, 0.1) is 0 Å². The van der Waals surface area contributed by atoms with Gasteiger partial charge < -0.3 is 10.2 Å². The molecule has 0 spiro atoms. The van der Waals surface area contributed by atoms with E-state index in [1.165, 1.54) is 16.7 Å². The maximum atomic E-state index is 12.5. The van der Waals surface area contributed by atoms with Gasteiger partial charge in [0.15, 0.2) is 0 Å². The fourth-order valence-corrected chi connectivity index (χ4v) is 3.49. The van der Waals surface area contributed by atoms with Crippen molar-refractivity contribution in [3.63, 3.8) is 0 Å². The molecule has 1 aromatic heterocycles. The summed E-state index contributed by atoms with van der Waals surface area (Å²) < 4.78 is 0. The number of fused-ring (bicyclic) bond motifs is 1. The minimum absolute atomic E-state index is 0.0491. The highest BCUT2D eigenvalue weighted by molar-refractivity contribution is 5.94. The number of hydrogen-bond acceptors (Lipinski definition) is 3. The molecule has 3 aromatic rings. The van der Waals surface area contributed by atoms with E-state index in [1.54, 1.807) is 12.3 Å². The van der Waals surface area contributed by atoms with Gasteiger partial charge in [-0.05, 0) is 41.7 Å². The van der Waals surface area contributed by atoms with Crippen LogP contribution in [0.2, 0.25) is 0 Å². The zero-order valence-electron chi connectivity index (χ0n) is 15.3. The average Bonchev–Trinajstić information content (AvgIpc) is 2.74. The average molecular weight is 357 g/mol. The third kappa shape index (κ3) is 4.17. The number of nitrogens with zero attached hydrogens (tertiary/aromatic N) is 2. The summed E-state index contributed by atoms with van der Waals surface area (Å²) >= 11 is 0. The molecular weight excluding hydrogens is 334 g/mol. The van der Waals surface area contributed by atoms with Crippen molar-refractivity contribution in [1.82, 2.24) is 10.3 Å². The summed E-state index contributed by atoms with van der Waals surface area (Å²) in [6.45, 7) is 2.38. The molecule has 4 rings (SSSR count). The monoisotopic (exact) mass is 357 g/mol. The molecule has 2 heterocycles. The first-order valence-electron chi connectivity index (χ1n) is 9.39. The maximum Gasteiger partial charge on any atom is 0.251 e. The molecular formula is C23H23N3O. The normalized spacial score (nSPS) is 13.1. The number of carbonyl (C=O) groups is 1. The summed E-state index contributed by atoms with van der Waals surface area (Å²) in [7, 11) is 0. The number of rotatable bonds is 5. The number of nitrogens with one attached hydrogen (secondary N) is 1. The predicted octanol–water partition coefficient (Wildman–Crippen LogP) is 3.62. The van der Waals surface area contributed by atoms with E-state index in [9.17, 15) is 4.79 Å². The van der Waals surface area contributed by atoms with Gasteiger partial charge in [0.1, 0.15) is 5.82 Å². The quantitative estimate of drug-likeness (QED) is 0.759. The first kappa shape index (κ1) is 17.3. The number of hydrogen-bond donors (Lipinski definition) is 1. The van der Waals surface area contributed by atoms with Crippen molar-refractivity contribution in [3.8, 4) is 0 Å². The molecule has 0 unspecified atom stereocenters. The van der Waals surface area contributed by atoms with Gasteiger partial charge in [0.05, 0.1) is 0 Å². The molecule has 0 bridgehead atoms. The van der Waals surface area contributed by atoms with Crippen LogP contribution >= 0.6 is 0 Å². The van der Waals surface area contributed by atoms with E-state index in [1.807, 2.05) is 24.3 Å². The van der Waals surface area contributed by atoms with Crippen LogP contribution in [0.1, 0.15) is 27.0 Å². The highest BCUT2D eigenvalue weighted by Gasteiger charge is 2.18. The van der Waals surface area contributed by atoms with Crippen molar-refractivity contribution < 1.29 is 4.79 Å². The maximum absolute atomic E-state index is 12.5. The molecule has 4 heteroatoms. The summed E-state index contributed by atoms with van der Waals surface area (Å²) in [6.07, 6.45) is 3.56. The highest BCUT2D eigenvalue weighted by atomic mass is 16.1. The van der Waals surface area contributed by atoms with Crippen LogP contribution in [-0.4, -0.2) is 24.0 Å². The lowest BCUT2D eigenvalue weighted by molar-refractivity contribution is 0.0954. The van der Waals surface area contributed by atoms with Crippen molar-refractivity contribution in [2.45, 2.75) is 19.4 Å². The summed E-state index contributed by atoms with van der Waals surface area (Å²) in [5.74, 6) is 0.812. The predicted molar refractivity (Wildman–Crippen MR) is 108 cm³/mol. The lowest BCUT2D eigenvalue weighted by Crippen LogP contribution is -2.31. The first-order valence-corrected chi connectivity index (χ1v) is 9.39. The van der Waals surface area contributed by atoms with E-state index < -0.39 is 0 Å². The lowest BCUT2D eigenvalue weighted by atomic mass is 10.00. The third-order valence-corrected chi connectivity index (χ3v) is 5.00. The Bertz CT molecular complexity index is 924. The van der Waals surface area contributed by atoms with Gasteiger partial charge in [-0.25, -0.2) is 4.98 Å². The molecule has 0 saturated carbocycles. The van der Waals surface area contributed by atoms with Crippen molar-refractivity contribution in [2.75, 3.05) is 18.0 Å². The Morgan fingerprint density at radius 2 is 1.78 bits per heavy atom. The molecule has 1 aliphatic heterocycles. The number of pyridine rings is 1. The zero-order chi connectivity index (χ0) is 18.5. The molecule has 136 valence electrons. The van der Waals surface area contributed by atoms with Crippen LogP contribution in [0.25, 0.3) is 0 Å². The molecule has 27 heavy (non-hydrogen) atoms. The van der Waals surface area contributed by atoms with Crippen molar-refractivity contribution in [3.05, 3.63) is 95.2 Å². The molecule has 0 aliphatic carbocycles. The van der Waals surface area contributed by atoms with Gasteiger partial charge in [0.25, 0.3) is 5.91 Å². The number of carbonyl (C=O) groups excluding carboxylic acids is 1. The molecule has 2 aromatic carbocycles. The Labute approximate surface area is 159 Å². The van der Waals surface area contributed by atoms with E-state index in [-0.39, 0.29) is 5.91 Å². The number of anilines is 1. The van der Waals surface area contributed by atoms with Gasteiger partial charge in [-0.1, -0.05) is 54.6 Å². The number of benzene rings is 2. The van der Waals surface area contributed by atoms with E-state index in [0.717, 1.165) is 31.7 Å². The summed E-state index contributed by atoms with van der Waals surface area (Å²) in [4.78, 5) is 19.2. The van der Waals surface area contributed by atoms with Crippen LogP contribution in [0.15, 0.2) is 72.9 Å². The van der Waals surface area contributed by atoms with Gasteiger partial charge in [-0.3, -0.25) is 4.79 Å². The minimum atomic E-state index is -0.0491. The molecule has 0 radical (unpaired) electrons. The van der Waals surface area contributed by atoms with Crippen LogP contribution < -0.4 is 10.2 Å². The Hall–Kier alpha value is -3.14. The van der Waals surface area contributed by atoms with Gasteiger partial charge >= 0.3 is 0 Å².